The lowest BCUT2D eigenvalue weighted by Gasteiger charge is -2.42. The summed E-state index contributed by atoms with van der Waals surface area (Å²) in [5.74, 6) is -0.237. The number of amides is 3. The molecule has 9 heteroatoms. The van der Waals surface area contributed by atoms with Crippen molar-refractivity contribution in [3.63, 3.8) is 0 Å². The lowest BCUT2D eigenvalue weighted by Crippen LogP contribution is -2.52. The van der Waals surface area contributed by atoms with Gasteiger partial charge in [-0.15, -0.1) is 0 Å². The number of likely N-dealkylation sites (tertiary alicyclic amines) is 1. The Morgan fingerprint density at radius 3 is 2.61 bits per heavy atom. The number of fused-ring (bicyclic) bond motifs is 4. The Balaban J connectivity index is 1.24. The first kappa shape index (κ1) is 22.6. The van der Waals surface area contributed by atoms with Crippen LogP contribution in [0.4, 0.5) is 10.5 Å². The zero-order chi connectivity index (χ0) is 23.4. The maximum atomic E-state index is 12.7. The van der Waals surface area contributed by atoms with Crippen molar-refractivity contribution < 1.29 is 19.1 Å². The number of nitrogens with one attached hydrogen (secondary N) is 2. The van der Waals surface area contributed by atoms with Gasteiger partial charge in [-0.05, 0) is 49.6 Å². The van der Waals surface area contributed by atoms with Gasteiger partial charge in [0.2, 0.25) is 5.91 Å². The van der Waals surface area contributed by atoms with E-state index in [0.717, 1.165) is 12.1 Å². The summed E-state index contributed by atoms with van der Waals surface area (Å²) in [4.78, 5) is 50.5. The smallest absolute Gasteiger partial charge is 0.338 e. The molecule has 0 aliphatic carbocycles. The van der Waals surface area contributed by atoms with Crippen LogP contribution in [-0.4, -0.2) is 53.6 Å². The van der Waals surface area contributed by atoms with Crippen LogP contribution in [0.15, 0.2) is 47.3 Å². The summed E-state index contributed by atoms with van der Waals surface area (Å²) in [7, 11) is 0. The van der Waals surface area contributed by atoms with E-state index in [1.165, 1.54) is 0 Å². The van der Waals surface area contributed by atoms with Gasteiger partial charge >= 0.3 is 12.0 Å². The number of carbonyl (C=O) groups excluding carboxylic acids is 3. The summed E-state index contributed by atoms with van der Waals surface area (Å²) in [6, 6.07) is 11.6. The largest absolute Gasteiger partial charge is 0.462 e. The number of aromatic nitrogens is 1. The fraction of sp³-hybridized carbons (Fsp3) is 0.417. The summed E-state index contributed by atoms with van der Waals surface area (Å²) in [5.41, 5.74) is 1.99. The average Bonchev–Trinajstić information content (AvgIpc) is 2.80. The average molecular weight is 453 g/mol. The number of hydrogen-bond acceptors (Lipinski definition) is 5. The highest BCUT2D eigenvalue weighted by molar-refractivity contribution is 5.93. The van der Waals surface area contributed by atoms with Crippen LogP contribution in [0.2, 0.25) is 0 Å². The molecule has 2 atom stereocenters. The van der Waals surface area contributed by atoms with Crippen molar-refractivity contribution in [2.24, 2.45) is 5.92 Å². The molecule has 1 aromatic heterocycles. The van der Waals surface area contributed by atoms with Crippen LogP contribution in [0.3, 0.4) is 0 Å². The molecule has 1 saturated heterocycles. The maximum Gasteiger partial charge on any atom is 0.338 e. The third-order valence-electron chi connectivity index (χ3n) is 6.08. The number of urea groups is 1. The minimum absolute atomic E-state index is 0.0154. The second kappa shape index (κ2) is 9.89. The van der Waals surface area contributed by atoms with Gasteiger partial charge in [0.1, 0.15) is 0 Å². The molecule has 0 saturated carbocycles. The first-order valence-electron chi connectivity index (χ1n) is 11.2. The topological polar surface area (TPSA) is 110 Å². The Labute approximate surface area is 191 Å². The normalized spacial score (nSPS) is 18.8. The summed E-state index contributed by atoms with van der Waals surface area (Å²) in [6.45, 7) is 4.05. The van der Waals surface area contributed by atoms with Crippen molar-refractivity contribution in [3.05, 3.63) is 64.1 Å². The third-order valence-corrected chi connectivity index (χ3v) is 6.08. The summed E-state index contributed by atoms with van der Waals surface area (Å²) >= 11 is 0. The molecule has 2 unspecified atom stereocenters. The molecule has 1 aromatic carbocycles. The van der Waals surface area contributed by atoms with E-state index >= 15 is 0 Å². The fourth-order valence-corrected chi connectivity index (χ4v) is 4.58. The van der Waals surface area contributed by atoms with Crippen molar-refractivity contribution in [2.75, 3.05) is 31.6 Å². The number of rotatable bonds is 6. The van der Waals surface area contributed by atoms with Crippen LogP contribution in [0.25, 0.3) is 0 Å². The Kier molecular flexibility index (Phi) is 6.76. The Morgan fingerprint density at radius 2 is 1.85 bits per heavy atom. The van der Waals surface area contributed by atoms with Crippen LogP contribution in [-0.2, 0) is 16.1 Å². The first-order chi connectivity index (χ1) is 15.9. The third kappa shape index (κ3) is 5.24. The molecule has 0 spiro atoms. The van der Waals surface area contributed by atoms with Gasteiger partial charge in [0.25, 0.3) is 5.56 Å². The monoisotopic (exact) mass is 452 g/mol. The first-order valence-corrected chi connectivity index (χ1v) is 11.2. The van der Waals surface area contributed by atoms with Crippen LogP contribution in [0.5, 0.6) is 0 Å². The molecule has 0 radical (unpaired) electrons. The van der Waals surface area contributed by atoms with Gasteiger partial charge in [-0.2, -0.15) is 0 Å². The van der Waals surface area contributed by atoms with Crippen LogP contribution in [0, 0.1) is 5.92 Å². The lowest BCUT2D eigenvalue weighted by atomic mass is 9.83. The SMILES string of the molecule is CCOC(=O)c1ccc(NC(=O)CCNC(=O)N2CC3CC(C2)c2cccc(=O)n2C3)cc1. The molecule has 1 fully saturated rings. The number of esters is 1. The molecule has 33 heavy (non-hydrogen) atoms. The zero-order valence-corrected chi connectivity index (χ0v) is 18.6. The fourth-order valence-electron chi connectivity index (χ4n) is 4.58. The molecule has 9 nitrogen and oxygen atoms in total. The maximum absolute atomic E-state index is 12.7. The summed E-state index contributed by atoms with van der Waals surface area (Å²) in [6.07, 6.45) is 1.11. The Hall–Kier alpha value is -3.62. The van der Waals surface area contributed by atoms with Gasteiger partial charge in [-0.1, -0.05) is 6.07 Å². The molecule has 2 bridgehead atoms. The van der Waals surface area contributed by atoms with Gasteiger partial charge in [-0.25, -0.2) is 9.59 Å². The van der Waals surface area contributed by atoms with E-state index in [9.17, 15) is 19.2 Å². The van der Waals surface area contributed by atoms with Gasteiger partial charge in [0.05, 0.1) is 12.2 Å². The molecular weight excluding hydrogens is 424 g/mol. The summed E-state index contributed by atoms with van der Waals surface area (Å²) < 4.78 is 6.77. The molecule has 2 aliphatic heterocycles. The molecule has 3 amide bonds. The van der Waals surface area contributed by atoms with Crippen molar-refractivity contribution in [1.29, 1.82) is 0 Å². The number of piperidine rings is 1. The van der Waals surface area contributed by atoms with Crippen LogP contribution in [0.1, 0.15) is 41.7 Å². The van der Waals surface area contributed by atoms with Crippen molar-refractivity contribution in [2.45, 2.75) is 32.2 Å². The van der Waals surface area contributed by atoms with Crippen LogP contribution < -0.4 is 16.2 Å². The van der Waals surface area contributed by atoms with E-state index in [2.05, 4.69) is 10.6 Å². The van der Waals surface area contributed by atoms with Gasteiger partial charge in [0.15, 0.2) is 0 Å². The predicted octanol–water partition coefficient (Wildman–Crippen LogP) is 2.18. The van der Waals surface area contributed by atoms with E-state index < -0.39 is 5.97 Å². The standard InChI is InChI=1S/C24H28N4O5/c1-2-33-23(31)17-6-8-19(9-7-17)26-21(29)10-11-25-24(32)27-13-16-12-18(15-27)20-4-3-5-22(30)28(20)14-16/h3-9,16,18H,2,10-15H2,1H3,(H,25,32)(H,26,29). The van der Waals surface area contributed by atoms with Gasteiger partial charge < -0.3 is 24.8 Å². The number of anilines is 1. The second-order valence-corrected chi connectivity index (χ2v) is 8.43. The quantitative estimate of drug-likeness (QED) is 0.653. The van der Waals surface area contributed by atoms with Crippen molar-refractivity contribution in [3.8, 4) is 0 Å². The lowest BCUT2D eigenvalue weighted by molar-refractivity contribution is -0.116. The van der Waals surface area contributed by atoms with Crippen LogP contribution >= 0.6 is 0 Å². The number of benzene rings is 1. The molecule has 174 valence electrons. The van der Waals surface area contributed by atoms with E-state index in [1.54, 1.807) is 48.2 Å². The highest BCUT2D eigenvalue weighted by atomic mass is 16.5. The van der Waals surface area contributed by atoms with Crippen molar-refractivity contribution in [1.82, 2.24) is 14.8 Å². The number of hydrogen-bond donors (Lipinski definition) is 2. The Bertz CT molecular complexity index is 1090. The van der Waals surface area contributed by atoms with E-state index in [1.807, 2.05) is 10.6 Å². The van der Waals surface area contributed by atoms with E-state index in [0.29, 0.717) is 37.5 Å². The predicted molar refractivity (Wildman–Crippen MR) is 122 cm³/mol. The number of pyridine rings is 1. The number of ether oxygens (including phenoxy) is 1. The summed E-state index contributed by atoms with van der Waals surface area (Å²) in [5, 5.41) is 5.58. The molecule has 2 aliphatic rings. The highest BCUT2D eigenvalue weighted by Crippen LogP contribution is 2.34. The molecule has 3 heterocycles. The molecule has 2 N–H and O–H groups in total. The highest BCUT2D eigenvalue weighted by Gasteiger charge is 2.36. The number of carbonyl (C=O) groups is 3. The van der Waals surface area contributed by atoms with E-state index in [4.69, 9.17) is 4.74 Å². The van der Waals surface area contributed by atoms with Gasteiger partial charge in [-0.3, -0.25) is 9.59 Å². The number of nitrogens with zero attached hydrogens (tertiary/aromatic N) is 2. The molecule has 2 aromatic rings. The minimum Gasteiger partial charge on any atom is -0.462 e. The Morgan fingerprint density at radius 1 is 1.06 bits per heavy atom. The van der Waals surface area contributed by atoms with Crippen molar-refractivity contribution >= 4 is 23.6 Å². The minimum atomic E-state index is -0.407. The van der Waals surface area contributed by atoms with Gasteiger partial charge in [0, 0.05) is 56.0 Å². The van der Waals surface area contributed by atoms with E-state index in [-0.39, 0.29) is 42.3 Å². The molecular formula is C24H28N4O5. The molecule has 4 rings (SSSR count). The zero-order valence-electron chi connectivity index (χ0n) is 18.6. The second-order valence-electron chi connectivity index (χ2n) is 8.43.